The van der Waals surface area contributed by atoms with Crippen LogP contribution in [0.25, 0.3) is 0 Å². The van der Waals surface area contributed by atoms with Gasteiger partial charge in [0, 0.05) is 17.8 Å². The van der Waals surface area contributed by atoms with Gasteiger partial charge in [-0.2, -0.15) is 0 Å². The lowest BCUT2D eigenvalue weighted by molar-refractivity contribution is 0.130. The van der Waals surface area contributed by atoms with Crippen LogP contribution in [0.1, 0.15) is 11.1 Å². The van der Waals surface area contributed by atoms with Crippen LogP contribution in [0, 0.1) is 5.82 Å². The largest absolute Gasteiger partial charge is 0.439 e. The lowest BCUT2D eigenvalue weighted by atomic mass is 10.2. The minimum atomic E-state index is -0.323. The second-order valence-electron chi connectivity index (χ2n) is 5.18. The molecule has 0 aliphatic carbocycles. The topological polar surface area (TPSA) is 69.7 Å². The van der Waals surface area contributed by atoms with Gasteiger partial charge in [0.25, 0.3) is 0 Å². The van der Waals surface area contributed by atoms with Gasteiger partial charge < -0.3 is 15.3 Å². The fourth-order valence-corrected chi connectivity index (χ4v) is 2.06. The summed E-state index contributed by atoms with van der Waals surface area (Å²) in [5, 5.41) is 3.82. The molecule has 5 nitrogen and oxygen atoms in total. The van der Waals surface area contributed by atoms with Crippen LogP contribution in [0.5, 0.6) is 11.6 Å². The minimum absolute atomic E-state index is 0.126. The molecule has 0 aliphatic rings. The van der Waals surface area contributed by atoms with Gasteiger partial charge in [-0.05, 0) is 35.9 Å². The summed E-state index contributed by atoms with van der Waals surface area (Å²) in [7, 11) is 0. The number of ether oxygens (including phenoxy) is 1. The zero-order valence-electron chi connectivity index (χ0n) is 13.3. The van der Waals surface area contributed by atoms with Gasteiger partial charge in [0.15, 0.2) is 5.84 Å². The Morgan fingerprint density at radius 1 is 1.04 bits per heavy atom. The van der Waals surface area contributed by atoms with Crippen molar-refractivity contribution < 1.29 is 14.0 Å². The summed E-state index contributed by atoms with van der Waals surface area (Å²) in [6.45, 7) is 0.126. The molecule has 0 saturated carbocycles. The van der Waals surface area contributed by atoms with Crippen LogP contribution in [0.2, 0.25) is 0 Å². The van der Waals surface area contributed by atoms with Crippen molar-refractivity contribution in [2.45, 2.75) is 6.61 Å². The molecule has 0 bridgehead atoms. The fourth-order valence-electron chi connectivity index (χ4n) is 2.06. The summed E-state index contributed by atoms with van der Waals surface area (Å²) in [6.07, 6.45) is 1.54. The molecule has 1 heterocycles. The highest BCUT2D eigenvalue weighted by molar-refractivity contribution is 5.96. The predicted molar refractivity (Wildman–Crippen MR) is 92.7 cm³/mol. The fraction of sp³-hybridized carbons (Fsp3) is 0.0526. The molecule has 0 spiro atoms. The number of nitrogens with two attached hydrogens (primary N) is 1. The maximum absolute atomic E-state index is 13.1. The SMILES string of the molecule is N/C(=N/OCc1cccc(F)c1)c1ccc(Oc2ccccc2)nc1. The van der Waals surface area contributed by atoms with E-state index in [1.165, 1.54) is 12.1 Å². The van der Waals surface area contributed by atoms with E-state index in [1.807, 2.05) is 30.3 Å². The maximum Gasteiger partial charge on any atom is 0.219 e. The van der Waals surface area contributed by atoms with Crippen LogP contribution >= 0.6 is 0 Å². The van der Waals surface area contributed by atoms with Gasteiger partial charge in [0.05, 0.1) is 0 Å². The van der Waals surface area contributed by atoms with Gasteiger partial charge >= 0.3 is 0 Å². The second kappa shape index (κ2) is 7.92. The van der Waals surface area contributed by atoms with Crippen molar-refractivity contribution in [3.63, 3.8) is 0 Å². The van der Waals surface area contributed by atoms with E-state index in [9.17, 15) is 4.39 Å². The first kappa shape index (κ1) is 16.4. The Morgan fingerprint density at radius 3 is 2.60 bits per heavy atom. The third kappa shape index (κ3) is 4.78. The summed E-state index contributed by atoms with van der Waals surface area (Å²) in [5.74, 6) is 0.998. The average Bonchev–Trinajstić information content (AvgIpc) is 2.63. The zero-order chi connectivity index (χ0) is 17.5. The van der Waals surface area contributed by atoms with Gasteiger partial charge in [-0.1, -0.05) is 35.5 Å². The number of nitrogens with zero attached hydrogens (tertiary/aromatic N) is 2. The summed E-state index contributed by atoms with van der Waals surface area (Å²) in [6, 6.07) is 18.9. The van der Waals surface area contributed by atoms with Crippen LogP contribution in [0.4, 0.5) is 4.39 Å². The van der Waals surface area contributed by atoms with E-state index >= 15 is 0 Å². The van der Waals surface area contributed by atoms with Gasteiger partial charge in [-0.3, -0.25) is 0 Å². The second-order valence-corrected chi connectivity index (χ2v) is 5.18. The van der Waals surface area contributed by atoms with Crippen LogP contribution < -0.4 is 10.5 Å². The number of para-hydroxylation sites is 1. The Balaban J connectivity index is 1.59. The Hall–Kier alpha value is -3.41. The van der Waals surface area contributed by atoms with E-state index in [0.717, 1.165) is 0 Å². The number of hydrogen-bond acceptors (Lipinski definition) is 4. The van der Waals surface area contributed by atoms with Crippen molar-refractivity contribution in [2.24, 2.45) is 10.9 Å². The summed E-state index contributed by atoms with van der Waals surface area (Å²) in [5.41, 5.74) is 7.13. The molecule has 0 aliphatic heterocycles. The number of hydrogen-bond donors (Lipinski definition) is 1. The smallest absolute Gasteiger partial charge is 0.219 e. The number of benzene rings is 2. The molecule has 0 fully saturated rings. The molecule has 3 rings (SSSR count). The molecule has 0 radical (unpaired) electrons. The lowest BCUT2D eigenvalue weighted by Crippen LogP contribution is -2.14. The van der Waals surface area contributed by atoms with Crippen LogP contribution in [-0.2, 0) is 11.4 Å². The first-order valence-corrected chi connectivity index (χ1v) is 7.60. The molecule has 126 valence electrons. The third-order valence-electron chi connectivity index (χ3n) is 3.28. The van der Waals surface area contributed by atoms with E-state index in [0.29, 0.717) is 22.8 Å². The number of pyridine rings is 1. The molecule has 0 unspecified atom stereocenters. The number of oxime groups is 1. The normalized spacial score (nSPS) is 11.2. The summed E-state index contributed by atoms with van der Waals surface area (Å²) < 4.78 is 18.7. The molecule has 2 aromatic carbocycles. The number of halogens is 1. The van der Waals surface area contributed by atoms with Gasteiger partial charge in [0.2, 0.25) is 5.88 Å². The molecule has 0 atom stereocenters. The van der Waals surface area contributed by atoms with Crippen molar-refractivity contribution in [3.8, 4) is 11.6 Å². The van der Waals surface area contributed by atoms with Crippen molar-refractivity contribution in [2.75, 3.05) is 0 Å². The standard InChI is InChI=1S/C19H16FN3O2/c20-16-6-4-5-14(11-16)13-24-23-19(21)15-9-10-18(22-12-15)25-17-7-2-1-3-8-17/h1-12H,13H2,(H2,21,23). The maximum atomic E-state index is 13.1. The molecule has 25 heavy (non-hydrogen) atoms. The van der Waals surface area contributed by atoms with Crippen LogP contribution in [0.15, 0.2) is 78.1 Å². The Morgan fingerprint density at radius 2 is 1.88 bits per heavy atom. The van der Waals surface area contributed by atoms with E-state index in [4.69, 9.17) is 15.3 Å². The molecule has 0 amide bonds. The molecular weight excluding hydrogens is 321 g/mol. The Kier molecular flexibility index (Phi) is 5.21. The van der Waals surface area contributed by atoms with Crippen LogP contribution in [-0.4, -0.2) is 10.8 Å². The monoisotopic (exact) mass is 337 g/mol. The average molecular weight is 337 g/mol. The van der Waals surface area contributed by atoms with Crippen molar-refractivity contribution in [1.82, 2.24) is 4.98 Å². The van der Waals surface area contributed by atoms with Gasteiger partial charge in [-0.15, -0.1) is 0 Å². The van der Waals surface area contributed by atoms with E-state index in [-0.39, 0.29) is 18.3 Å². The van der Waals surface area contributed by atoms with E-state index < -0.39 is 0 Å². The minimum Gasteiger partial charge on any atom is -0.439 e. The molecular formula is C19H16FN3O2. The van der Waals surface area contributed by atoms with Crippen molar-refractivity contribution in [3.05, 3.63) is 89.9 Å². The van der Waals surface area contributed by atoms with Gasteiger partial charge in [0.1, 0.15) is 18.2 Å². The quantitative estimate of drug-likeness (QED) is 0.421. The van der Waals surface area contributed by atoms with E-state index in [2.05, 4.69) is 10.1 Å². The highest BCUT2D eigenvalue weighted by Crippen LogP contribution is 2.18. The van der Waals surface area contributed by atoms with Crippen LogP contribution in [0.3, 0.4) is 0 Å². The highest BCUT2D eigenvalue weighted by Gasteiger charge is 2.03. The van der Waals surface area contributed by atoms with E-state index in [1.54, 1.807) is 30.5 Å². The summed E-state index contributed by atoms with van der Waals surface area (Å²) in [4.78, 5) is 9.34. The third-order valence-corrected chi connectivity index (χ3v) is 3.28. The first-order valence-electron chi connectivity index (χ1n) is 7.60. The molecule has 1 aromatic heterocycles. The lowest BCUT2D eigenvalue weighted by Gasteiger charge is -2.06. The molecule has 2 N–H and O–H groups in total. The highest BCUT2D eigenvalue weighted by atomic mass is 19.1. The Labute approximate surface area is 144 Å². The van der Waals surface area contributed by atoms with Crippen molar-refractivity contribution >= 4 is 5.84 Å². The van der Waals surface area contributed by atoms with Gasteiger partial charge in [-0.25, -0.2) is 9.37 Å². The molecule has 0 saturated heterocycles. The number of aromatic nitrogens is 1. The predicted octanol–water partition coefficient (Wildman–Crippen LogP) is 3.85. The number of amidine groups is 1. The zero-order valence-corrected chi connectivity index (χ0v) is 13.3. The summed E-state index contributed by atoms with van der Waals surface area (Å²) >= 11 is 0. The molecule has 3 aromatic rings. The molecule has 6 heteroatoms. The van der Waals surface area contributed by atoms with Crippen molar-refractivity contribution in [1.29, 1.82) is 0 Å². The Bertz CT molecular complexity index is 852. The first-order chi connectivity index (χ1) is 12.2. The number of rotatable bonds is 6.